The summed E-state index contributed by atoms with van der Waals surface area (Å²) in [5.41, 5.74) is 7.18. The first-order valence-corrected chi connectivity index (χ1v) is 7.16. The average Bonchev–Trinajstić information content (AvgIpc) is 2.37. The predicted molar refractivity (Wildman–Crippen MR) is 83.6 cm³/mol. The predicted octanol–water partition coefficient (Wildman–Crippen LogP) is 4.07. The molecule has 0 saturated heterocycles. The van der Waals surface area contributed by atoms with Gasteiger partial charge in [0, 0.05) is 10.0 Å². The molecule has 0 saturated carbocycles. The molecule has 5 heteroatoms. The summed E-state index contributed by atoms with van der Waals surface area (Å²) in [7, 11) is 0. The number of nitrogens with one attached hydrogen (secondary N) is 1. The molecule has 0 aliphatic rings. The van der Waals surface area contributed by atoms with E-state index in [4.69, 9.17) is 15.9 Å². The lowest BCUT2D eigenvalue weighted by atomic mass is 10.2. The Kier molecular flexibility index (Phi) is 4.61. The van der Waals surface area contributed by atoms with Gasteiger partial charge in [0.15, 0.2) is 0 Å². The van der Waals surface area contributed by atoms with Gasteiger partial charge in [-0.1, -0.05) is 28.1 Å². The van der Waals surface area contributed by atoms with Crippen molar-refractivity contribution in [1.82, 2.24) is 0 Å². The highest BCUT2D eigenvalue weighted by molar-refractivity contribution is 9.10. The number of ether oxygens (including phenoxy) is 1. The van der Waals surface area contributed by atoms with Crippen LogP contribution in [0.5, 0.6) is 5.75 Å². The first kappa shape index (κ1) is 14.1. The maximum absolute atomic E-state index is 7.37. The summed E-state index contributed by atoms with van der Waals surface area (Å²) < 4.78 is 7.55. The Morgan fingerprint density at radius 1 is 1.16 bits per heavy atom. The standard InChI is InChI=1S/C14H12Br2N2O/c15-11-3-1-2-9(6-11)8-19-13-5-4-10(14(17)18)7-12(13)16/h1-7H,8H2,(H3,17,18). The molecule has 0 aromatic heterocycles. The zero-order chi connectivity index (χ0) is 13.8. The van der Waals surface area contributed by atoms with Gasteiger partial charge in [0.25, 0.3) is 0 Å². The minimum atomic E-state index is 0.0410. The second kappa shape index (κ2) is 6.21. The molecule has 0 atom stereocenters. The number of halogens is 2. The van der Waals surface area contributed by atoms with Crippen molar-refractivity contribution in [1.29, 1.82) is 5.41 Å². The Hall–Kier alpha value is -1.33. The van der Waals surface area contributed by atoms with E-state index in [1.807, 2.05) is 24.3 Å². The normalized spacial score (nSPS) is 10.2. The highest BCUT2D eigenvalue weighted by atomic mass is 79.9. The van der Waals surface area contributed by atoms with Crippen molar-refractivity contribution in [3.63, 3.8) is 0 Å². The van der Waals surface area contributed by atoms with Crippen LogP contribution in [-0.4, -0.2) is 5.84 Å². The van der Waals surface area contributed by atoms with Crippen LogP contribution in [0.2, 0.25) is 0 Å². The Labute approximate surface area is 128 Å². The number of hydrogen-bond donors (Lipinski definition) is 2. The number of rotatable bonds is 4. The minimum absolute atomic E-state index is 0.0410. The van der Waals surface area contributed by atoms with Gasteiger partial charge in [0.2, 0.25) is 0 Å². The minimum Gasteiger partial charge on any atom is -0.488 e. The van der Waals surface area contributed by atoms with Crippen molar-refractivity contribution in [3.05, 3.63) is 62.5 Å². The number of nitrogen functional groups attached to an aromatic ring is 1. The molecule has 2 aromatic carbocycles. The maximum atomic E-state index is 7.37. The van der Waals surface area contributed by atoms with Crippen LogP contribution in [0.15, 0.2) is 51.4 Å². The van der Waals surface area contributed by atoms with E-state index in [9.17, 15) is 0 Å². The van der Waals surface area contributed by atoms with Crippen LogP contribution in [0.3, 0.4) is 0 Å². The van der Waals surface area contributed by atoms with Crippen LogP contribution in [0.4, 0.5) is 0 Å². The van der Waals surface area contributed by atoms with Crippen molar-refractivity contribution in [3.8, 4) is 5.75 Å². The van der Waals surface area contributed by atoms with E-state index in [2.05, 4.69) is 31.9 Å². The van der Waals surface area contributed by atoms with Crippen LogP contribution in [-0.2, 0) is 6.61 Å². The van der Waals surface area contributed by atoms with E-state index in [0.717, 1.165) is 20.3 Å². The third kappa shape index (κ3) is 3.81. The summed E-state index contributed by atoms with van der Waals surface area (Å²) >= 11 is 6.84. The van der Waals surface area contributed by atoms with E-state index in [1.54, 1.807) is 18.2 Å². The monoisotopic (exact) mass is 382 g/mol. The SMILES string of the molecule is N=C(N)c1ccc(OCc2cccc(Br)c2)c(Br)c1. The zero-order valence-electron chi connectivity index (χ0n) is 9.99. The van der Waals surface area contributed by atoms with Gasteiger partial charge in [0.05, 0.1) is 4.47 Å². The summed E-state index contributed by atoms with van der Waals surface area (Å²) in [5.74, 6) is 0.768. The van der Waals surface area contributed by atoms with Crippen molar-refractivity contribution in [2.24, 2.45) is 5.73 Å². The van der Waals surface area contributed by atoms with Crippen LogP contribution < -0.4 is 10.5 Å². The molecule has 0 bridgehead atoms. The highest BCUT2D eigenvalue weighted by Crippen LogP contribution is 2.27. The Bertz CT molecular complexity index is 614. The summed E-state index contributed by atoms with van der Waals surface area (Å²) in [5, 5.41) is 7.37. The summed E-state index contributed by atoms with van der Waals surface area (Å²) in [6, 6.07) is 13.3. The second-order valence-corrected chi connectivity index (χ2v) is 5.75. The smallest absolute Gasteiger partial charge is 0.134 e. The molecule has 0 radical (unpaired) electrons. The molecule has 0 heterocycles. The Morgan fingerprint density at radius 2 is 1.95 bits per heavy atom. The fourth-order valence-corrected chi connectivity index (χ4v) is 2.51. The molecule has 0 unspecified atom stereocenters. The van der Waals surface area contributed by atoms with Crippen molar-refractivity contribution < 1.29 is 4.74 Å². The Balaban J connectivity index is 2.10. The van der Waals surface area contributed by atoms with E-state index in [-0.39, 0.29) is 5.84 Å². The first-order chi connectivity index (χ1) is 9.06. The van der Waals surface area contributed by atoms with Gasteiger partial charge < -0.3 is 10.5 Å². The molecular weight excluding hydrogens is 372 g/mol. The summed E-state index contributed by atoms with van der Waals surface area (Å²) in [6.45, 7) is 0.484. The molecule has 2 rings (SSSR count). The molecule has 3 nitrogen and oxygen atoms in total. The van der Waals surface area contributed by atoms with Gasteiger partial charge >= 0.3 is 0 Å². The van der Waals surface area contributed by atoms with Gasteiger partial charge in [0.1, 0.15) is 18.2 Å². The van der Waals surface area contributed by atoms with E-state index in [0.29, 0.717) is 12.2 Å². The molecule has 98 valence electrons. The highest BCUT2D eigenvalue weighted by Gasteiger charge is 2.05. The first-order valence-electron chi connectivity index (χ1n) is 5.57. The second-order valence-electron chi connectivity index (χ2n) is 3.98. The fourth-order valence-electron chi connectivity index (χ4n) is 1.57. The quantitative estimate of drug-likeness (QED) is 0.617. The maximum Gasteiger partial charge on any atom is 0.134 e. The van der Waals surface area contributed by atoms with E-state index >= 15 is 0 Å². The fraction of sp³-hybridized carbons (Fsp3) is 0.0714. The van der Waals surface area contributed by atoms with Crippen molar-refractivity contribution in [2.45, 2.75) is 6.61 Å². The molecule has 0 spiro atoms. The van der Waals surface area contributed by atoms with E-state index < -0.39 is 0 Å². The molecule has 0 aliphatic heterocycles. The Morgan fingerprint density at radius 3 is 2.58 bits per heavy atom. The largest absolute Gasteiger partial charge is 0.488 e. The van der Waals surface area contributed by atoms with Crippen molar-refractivity contribution in [2.75, 3.05) is 0 Å². The molecule has 0 fully saturated rings. The lowest BCUT2D eigenvalue weighted by Gasteiger charge is -2.09. The molecule has 0 amide bonds. The molecule has 19 heavy (non-hydrogen) atoms. The topological polar surface area (TPSA) is 59.1 Å². The van der Waals surface area contributed by atoms with Crippen LogP contribution in [0.25, 0.3) is 0 Å². The number of amidine groups is 1. The number of benzene rings is 2. The van der Waals surface area contributed by atoms with Gasteiger partial charge in [-0.15, -0.1) is 0 Å². The average molecular weight is 384 g/mol. The van der Waals surface area contributed by atoms with Crippen LogP contribution in [0, 0.1) is 5.41 Å². The lowest BCUT2D eigenvalue weighted by molar-refractivity contribution is 0.304. The molecular formula is C14H12Br2N2O. The number of hydrogen-bond acceptors (Lipinski definition) is 2. The molecule has 3 N–H and O–H groups in total. The van der Waals surface area contributed by atoms with Gasteiger partial charge in [-0.2, -0.15) is 0 Å². The summed E-state index contributed by atoms with van der Waals surface area (Å²) in [4.78, 5) is 0. The third-order valence-corrected chi connectivity index (χ3v) is 3.64. The molecule has 2 aromatic rings. The van der Waals surface area contributed by atoms with Crippen molar-refractivity contribution >= 4 is 37.7 Å². The van der Waals surface area contributed by atoms with Gasteiger partial charge in [-0.3, -0.25) is 5.41 Å². The lowest BCUT2D eigenvalue weighted by Crippen LogP contribution is -2.10. The molecule has 0 aliphatic carbocycles. The van der Waals surface area contributed by atoms with E-state index in [1.165, 1.54) is 0 Å². The van der Waals surface area contributed by atoms with Crippen LogP contribution in [0.1, 0.15) is 11.1 Å². The van der Waals surface area contributed by atoms with Crippen LogP contribution >= 0.6 is 31.9 Å². The number of nitrogens with two attached hydrogens (primary N) is 1. The summed E-state index contributed by atoms with van der Waals surface area (Å²) in [6.07, 6.45) is 0. The van der Waals surface area contributed by atoms with Gasteiger partial charge in [-0.25, -0.2) is 0 Å². The zero-order valence-corrected chi connectivity index (χ0v) is 13.2. The third-order valence-electron chi connectivity index (χ3n) is 2.53. The van der Waals surface area contributed by atoms with Gasteiger partial charge in [-0.05, 0) is 51.8 Å².